The SMILES string of the molecule is Cc1cc(C(F)(F)F)nn1-c1ccc(C#N)nc1. The van der Waals surface area contributed by atoms with Gasteiger partial charge in [0.1, 0.15) is 11.8 Å². The molecule has 0 amide bonds. The van der Waals surface area contributed by atoms with Crippen molar-refractivity contribution in [1.29, 1.82) is 5.26 Å². The maximum absolute atomic E-state index is 12.5. The van der Waals surface area contributed by atoms with Crippen molar-refractivity contribution in [2.45, 2.75) is 13.1 Å². The Hall–Kier alpha value is -2.36. The molecule has 0 unspecified atom stereocenters. The zero-order valence-corrected chi connectivity index (χ0v) is 9.23. The first-order valence-electron chi connectivity index (χ1n) is 4.92. The molecule has 0 saturated carbocycles. The average Bonchev–Trinajstić information content (AvgIpc) is 2.71. The van der Waals surface area contributed by atoms with Gasteiger partial charge in [-0.1, -0.05) is 0 Å². The standard InChI is InChI=1S/C11H7F3N4/c1-7-4-10(11(12,13)14)17-18(7)9-3-2-8(5-15)16-6-9/h2-4,6H,1H3. The van der Waals surface area contributed by atoms with Gasteiger partial charge < -0.3 is 0 Å². The van der Waals surface area contributed by atoms with Crippen LogP contribution >= 0.6 is 0 Å². The van der Waals surface area contributed by atoms with E-state index in [1.54, 1.807) is 0 Å². The Bertz CT molecular complexity index is 605. The van der Waals surface area contributed by atoms with Gasteiger partial charge >= 0.3 is 6.18 Å². The molecule has 0 atom stereocenters. The lowest BCUT2D eigenvalue weighted by Gasteiger charge is -2.03. The van der Waals surface area contributed by atoms with E-state index in [4.69, 9.17) is 5.26 Å². The van der Waals surface area contributed by atoms with Gasteiger partial charge in [0.05, 0.1) is 11.9 Å². The fourth-order valence-electron chi connectivity index (χ4n) is 1.45. The minimum absolute atomic E-state index is 0.194. The van der Waals surface area contributed by atoms with E-state index in [2.05, 4.69) is 10.1 Å². The highest BCUT2D eigenvalue weighted by Crippen LogP contribution is 2.29. The summed E-state index contributed by atoms with van der Waals surface area (Å²) >= 11 is 0. The molecule has 2 heterocycles. The van der Waals surface area contributed by atoms with Gasteiger partial charge in [0.2, 0.25) is 0 Å². The number of halogens is 3. The Morgan fingerprint density at radius 2 is 2.06 bits per heavy atom. The molecule has 4 nitrogen and oxygen atoms in total. The zero-order chi connectivity index (χ0) is 13.3. The van der Waals surface area contributed by atoms with Crippen LogP contribution in [-0.4, -0.2) is 14.8 Å². The summed E-state index contributed by atoms with van der Waals surface area (Å²) in [7, 11) is 0. The number of rotatable bonds is 1. The van der Waals surface area contributed by atoms with Crippen molar-refractivity contribution in [3.05, 3.63) is 41.5 Å². The van der Waals surface area contributed by atoms with Crippen molar-refractivity contribution in [2.24, 2.45) is 0 Å². The summed E-state index contributed by atoms with van der Waals surface area (Å²) in [4.78, 5) is 3.78. The second-order valence-electron chi connectivity index (χ2n) is 3.59. The molecule has 18 heavy (non-hydrogen) atoms. The van der Waals surface area contributed by atoms with E-state index in [1.807, 2.05) is 6.07 Å². The van der Waals surface area contributed by atoms with E-state index in [-0.39, 0.29) is 5.69 Å². The Morgan fingerprint density at radius 3 is 2.50 bits per heavy atom. The molecule has 0 bridgehead atoms. The summed E-state index contributed by atoms with van der Waals surface area (Å²) in [5, 5.41) is 12.1. The minimum atomic E-state index is -4.48. The lowest BCUT2D eigenvalue weighted by Crippen LogP contribution is -2.07. The Morgan fingerprint density at radius 1 is 1.33 bits per heavy atom. The summed E-state index contributed by atoms with van der Waals surface area (Å²) in [6.45, 7) is 1.51. The maximum Gasteiger partial charge on any atom is 0.435 e. The van der Waals surface area contributed by atoms with Crippen LogP contribution in [0.4, 0.5) is 13.2 Å². The van der Waals surface area contributed by atoms with Crippen molar-refractivity contribution in [3.8, 4) is 11.8 Å². The first kappa shape index (κ1) is 12.1. The molecule has 0 aliphatic rings. The predicted molar refractivity (Wildman–Crippen MR) is 55.8 cm³/mol. The molecule has 0 aliphatic carbocycles. The van der Waals surface area contributed by atoms with Crippen LogP contribution in [0.5, 0.6) is 0 Å². The molecule has 2 rings (SSSR count). The lowest BCUT2D eigenvalue weighted by atomic mass is 10.3. The minimum Gasteiger partial charge on any atom is -0.243 e. The van der Waals surface area contributed by atoms with Gasteiger partial charge in [-0.2, -0.15) is 23.5 Å². The lowest BCUT2D eigenvalue weighted by molar-refractivity contribution is -0.141. The third kappa shape index (κ3) is 2.18. The molecule has 0 fully saturated rings. The smallest absolute Gasteiger partial charge is 0.243 e. The average molecular weight is 252 g/mol. The number of alkyl halides is 3. The van der Waals surface area contributed by atoms with Crippen LogP contribution in [0.3, 0.4) is 0 Å². The highest BCUT2D eigenvalue weighted by atomic mass is 19.4. The van der Waals surface area contributed by atoms with Crippen LogP contribution in [0.2, 0.25) is 0 Å². The van der Waals surface area contributed by atoms with E-state index in [0.717, 1.165) is 10.7 Å². The van der Waals surface area contributed by atoms with Gasteiger partial charge in [0.25, 0.3) is 0 Å². The van der Waals surface area contributed by atoms with E-state index in [1.165, 1.54) is 25.3 Å². The van der Waals surface area contributed by atoms with Gasteiger partial charge in [-0.3, -0.25) is 0 Å². The Kier molecular flexibility index (Phi) is 2.79. The predicted octanol–water partition coefficient (Wildman–Crippen LogP) is 2.47. The number of hydrogen-bond acceptors (Lipinski definition) is 3. The molecule has 92 valence electrons. The quantitative estimate of drug-likeness (QED) is 0.783. The van der Waals surface area contributed by atoms with Gasteiger partial charge in [-0.15, -0.1) is 0 Å². The number of aromatic nitrogens is 3. The van der Waals surface area contributed by atoms with E-state index < -0.39 is 11.9 Å². The first-order valence-corrected chi connectivity index (χ1v) is 4.92. The summed E-state index contributed by atoms with van der Waals surface area (Å²) in [6, 6.07) is 5.70. The topological polar surface area (TPSA) is 54.5 Å². The molecular formula is C11H7F3N4. The highest BCUT2D eigenvalue weighted by Gasteiger charge is 2.34. The molecule has 0 radical (unpaired) electrons. The van der Waals surface area contributed by atoms with E-state index in [0.29, 0.717) is 11.4 Å². The molecule has 0 N–H and O–H groups in total. The van der Waals surface area contributed by atoms with Crippen molar-refractivity contribution in [2.75, 3.05) is 0 Å². The summed E-state index contributed by atoms with van der Waals surface area (Å²) in [5.41, 5.74) is -0.0419. The van der Waals surface area contributed by atoms with Crippen molar-refractivity contribution < 1.29 is 13.2 Å². The summed E-state index contributed by atoms with van der Waals surface area (Å²) in [5.74, 6) is 0. The van der Waals surface area contributed by atoms with Crippen LogP contribution in [-0.2, 0) is 6.18 Å². The third-order valence-electron chi connectivity index (χ3n) is 2.28. The van der Waals surface area contributed by atoms with Gasteiger partial charge in [0, 0.05) is 5.69 Å². The Balaban J connectivity index is 2.45. The van der Waals surface area contributed by atoms with Gasteiger partial charge in [0.15, 0.2) is 5.69 Å². The van der Waals surface area contributed by atoms with Gasteiger partial charge in [-0.25, -0.2) is 9.67 Å². The van der Waals surface area contributed by atoms with Crippen LogP contribution in [0.15, 0.2) is 24.4 Å². The van der Waals surface area contributed by atoms with Gasteiger partial charge in [-0.05, 0) is 25.1 Å². The molecule has 7 heteroatoms. The third-order valence-corrected chi connectivity index (χ3v) is 2.28. The van der Waals surface area contributed by atoms with Crippen molar-refractivity contribution in [1.82, 2.24) is 14.8 Å². The zero-order valence-electron chi connectivity index (χ0n) is 9.23. The van der Waals surface area contributed by atoms with Crippen LogP contribution in [0.25, 0.3) is 5.69 Å². The monoisotopic (exact) mass is 252 g/mol. The summed E-state index contributed by atoms with van der Waals surface area (Å²) in [6.07, 6.45) is -3.17. The summed E-state index contributed by atoms with van der Waals surface area (Å²) < 4.78 is 38.6. The van der Waals surface area contributed by atoms with Crippen LogP contribution < -0.4 is 0 Å². The fraction of sp³-hybridized carbons (Fsp3) is 0.182. The molecule has 2 aromatic rings. The number of hydrogen-bond donors (Lipinski definition) is 0. The number of aryl methyl sites for hydroxylation is 1. The molecule has 0 spiro atoms. The van der Waals surface area contributed by atoms with E-state index in [9.17, 15) is 13.2 Å². The highest BCUT2D eigenvalue weighted by molar-refractivity contribution is 5.34. The molecule has 2 aromatic heterocycles. The second-order valence-corrected chi connectivity index (χ2v) is 3.59. The van der Waals surface area contributed by atoms with Crippen molar-refractivity contribution in [3.63, 3.8) is 0 Å². The molecule has 0 aromatic carbocycles. The Labute approximate surface area is 100 Å². The van der Waals surface area contributed by atoms with Crippen LogP contribution in [0.1, 0.15) is 17.1 Å². The largest absolute Gasteiger partial charge is 0.435 e. The molecular weight excluding hydrogens is 245 g/mol. The normalized spacial score (nSPS) is 11.3. The molecule has 0 aliphatic heterocycles. The van der Waals surface area contributed by atoms with Crippen molar-refractivity contribution >= 4 is 0 Å². The maximum atomic E-state index is 12.5. The van der Waals surface area contributed by atoms with Crippen LogP contribution in [0, 0.1) is 18.3 Å². The second kappa shape index (κ2) is 4.14. The molecule has 0 saturated heterocycles. The van der Waals surface area contributed by atoms with E-state index >= 15 is 0 Å². The fourth-order valence-corrected chi connectivity index (χ4v) is 1.45. The number of nitrogens with zero attached hydrogens (tertiary/aromatic N) is 4. The number of pyridine rings is 1. The first-order chi connectivity index (χ1) is 8.41. The number of nitriles is 1.